The van der Waals surface area contributed by atoms with Crippen molar-refractivity contribution in [2.45, 2.75) is 440 Å². The van der Waals surface area contributed by atoms with Crippen molar-refractivity contribution in [2.24, 2.45) is 11.0 Å². The Hall–Kier alpha value is -9.28. The normalized spacial score (nSPS) is 13.7. The van der Waals surface area contributed by atoms with Crippen LogP contribution in [0.3, 0.4) is 0 Å². The fourth-order valence-corrected chi connectivity index (χ4v) is 12.6. The molecule has 0 aliphatic carbocycles. The first-order chi connectivity index (χ1) is 59.1. The third-order valence-corrected chi connectivity index (χ3v) is 18.0. The molecule has 0 spiro atoms. The molecule has 0 saturated heterocycles. The highest BCUT2D eigenvalue weighted by atomic mass is 16.6. The van der Waals surface area contributed by atoms with Gasteiger partial charge in [-0.1, -0.05) is 62.9 Å². The first kappa shape index (κ1) is 119. The van der Waals surface area contributed by atoms with Gasteiger partial charge in [-0.2, -0.15) is 0 Å². The minimum Gasteiger partial charge on any atom is -0.460 e. The molecule has 10 amide bonds. The molecular formula is C91H163N13O24. The minimum absolute atomic E-state index is 0.00803. The van der Waals surface area contributed by atoms with Crippen LogP contribution < -0.4 is 53.2 Å². The molecule has 37 nitrogen and oxygen atoms in total. The third kappa shape index (κ3) is 67.9. The second-order valence-corrected chi connectivity index (χ2v) is 40.2. The van der Waals surface area contributed by atoms with E-state index in [2.05, 4.69) is 63.2 Å². The number of esters is 4. The van der Waals surface area contributed by atoms with Gasteiger partial charge in [0.05, 0.1) is 19.3 Å². The van der Waals surface area contributed by atoms with Crippen molar-refractivity contribution in [3.63, 3.8) is 0 Å². The van der Waals surface area contributed by atoms with E-state index in [1.165, 1.54) is 0 Å². The number of hydrogen-bond acceptors (Lipinski definition) is 25. The molecule has 0 aromatic rings. The molecule has 0 aromatic carbocycles. The molecule has 10 N–H and O–H groups in total. The van der Waals surface area contributed by atoms with Crippen LogP contribution in [-0.2, 0) is 95.4 Å². The molecule has 0 rings (SSSR count). The molecule has 0 aliphatic rings. The van der Waals surface area contributed by atoms with Gasteiger partial charge >= 0.3 is 48.3 Å². The fourth-order valence-electron chi connectivity index (χ4n) is 12.6. The summed E-state index contributed by atoms with van der Waals surface area (Å²) >= 11 is 0. The zero-order chi connectivity index (χ0) is 97.7. The van der Waals surface area contributed by atoms with E-state index in [0.29, 0.717) is 77.0 Å². The van der Waals surface area contributed by atoms with Gasteiger partial charge in [-0.15, -0.1) is 0 Å². The van der Waals surface area contributed by atoms with Gasteiger partial charge in [-0.25, -0.2) is 19.2 Å². The van der Waals surface area contributed by atoms with Gasteiger partial charge in [0, 0.05) is 75.7 Å². The number of unbranched alkanes of at least 4 members (excludes halogenated alkanes) is 11. The van der Waals surface area contributed by atoms with Crippen molar-refractivity contribution < 1.29 is 115 Å². The lowest BCUT2D eigenvalue weighted by atomic mass is 9.91. The molecule has 0 fully saturated rings. The second kappa shape index (κ2) is 60.6. The van der Waals surface area contributed by atoms with E-state index >= 15 is 4.79 Å². The van der Waals surface area contributed by atoms with Crippen LogP contribution in [0.2, 0.25) is 0 Å². The summed E-state index contributed by atoms with van der Waals surface area (Å²) in [6, 6.07) is -7.12. The van der Waals surface area contributed by atoms with Crippen LogP contribution in [-0.4, -0.2) is 216 Å². The molecule has 0 saturated carbocycles. The number of alkyl carbamates (subject to hydrolysis) is 4. The van der Waals surface area contributed by atoms with Crippen molar-refractivity contribution in [3.8, 4) is 0 Å². The number of rotatable bonds is 60. The quantitative estimate of drug-likeness (QED) is 0.00675. The monoisotopic (exact) mass is 1820 g/mol. The Balaban J connectivity index is 7.61. The number of ketones is 1. The topological polar surface area (TPSA) is 508 Å². The van der Waals surface area contributed by atoms with Gasteiger partial charge in [-0.3, -0.25) is 52.7 Å². The first-order valence-electron chi connectivity index (χ1n) is 45.8. The molecule has 7 atom stereocenters. The maximum Gasteiger partial charge on any atom is 0.408 e. The molecular weight excluding hydrogens is 1660 g/mol. The van der Waals surface area contributed by atoms with E-state index in [4.69, 9.17) is 48.2 Å². The van der Waals surface area contributed by atoms with Crippen molar-refractivity contribution in [1.82, 2.24) is 53.2 Å². The van der Waals surface area contributed by atoms with Crippen molar-refractivity contribution in [2.75, 3.05) is 45.9 Å². The van der Waals surface area contributed by atoms with Gasteiger partial charge in [0.2, 0.25) is 35.4 Å². The van der Waals surface area contributed by atoms with Gasteiger partial charge in [0.25, 0.3) is 0 Å². The summed E-state index contributed by atoms with van der Waals surface area (Å²) in [7, 11) is 0. The number of nitrogens with zero attached hydrogens (tertiary/aromatic N) is 3. The van der Waals surface area contributed by atoms with Crippen molar-refractivity contribution in [3.05, 3.63) is 10.4 Å². The second-order valence-electron chi connectivity index (χ2n) is 40.2. The summed E-state index contributed by atoms with van der Waals surface area (Å²) in [6.45, 7) is 41.3. The summed E-state index contributed by atoms with van der Waals surface area (Å²) in [5.74, 6) is -6.90. The summed E-state index contributed by atoms with van der Waals surface area (Å²) in [5, 5.41) is 31.3. The highest BCUT2D eigenvalue weighted by molar-refractivity contribution is 5.95. The molecule has 0 radical (unpaired) electrons. The van der Waals surface area contributed by atoms with Crippen molar-refractivity contribution >= 4 is 89.5 Å². The standard InChI is InChI=1S/C91H163N13O24/c1-84(2,3)121-70(106)50-33-25-29-45-65(100-80(116)125-88(13,14)15)76(112)94-55-41-38-44-63(98-78(114)67(102-82(118)127-90(19,20)21)47-31-27-35-52-72(108)123-86(7,8)9)69(105)61-62(74(110)96-57-59-120-60-58-97-104-92)43-37-40-54-93-75(111)64(99-79(115)68(103-83(119)128-91(22,23)24)48-32-28-36-53-73(109)124-87(10,11)12)49-39-42-56-95-77(113)66(101-81(117)126-89(16,17)18)46-30-26-34-51-71(107)122-85(4,5)6/h62-68H,25-61H2,1-24H3,(H,93,111)(H,94,112)(H,95,113)(H,96,110)(H,98,114)(H,99,115)(H,100,116)(H,101,117)(H,102,118)(H,103,119)/t62-,63+,64+,65+,66+,67+,68+/m1/s1. The fraction of sp³-hybridized carbons (Fsp3) is 0.835. The molecule has 0 bridgehead atoms. The molecule has 0 unspecified atom stereocenters. The first-order valence-corrected chi connectivity index (χ1v) is 45.8. The van der Waals surface area contributed by atoms with Crippen LogP contribution in [0.5, 0.6) is 0 Å². The average molecular weight is 1820 g/mol. The highest BCUT2D eigenvalue weighted by Gasteiger charge is 2.35. The van der Waals surface area contributed by atoms with E-state index < -0.39 is 171 Å². The zero-order valence-electron chi connectivity index (χ0n) is 81.8. The number of carbonyl (C=O) groups is 15. The average Bonchev–Trinajstić information content (AvgIpc) is 0.861. The van der Waals surface area contributed by atoms with Crippen LogP contribution in [0.1, 0.15) is 359 Å². The van der Waals surface area contributed by atoms with Crippen LogP contribution in [0.15, 0.2) is 5.11 Å². The predicted octanol–water partition coefficient (Wildman–Crippen LogP) is 13.6. The number of nitrogens with one attached hydrogen (secondary N) is 10. The minimum atomic E-state index is -1.31. The lowest BCUT2D eigenvalue weighted by molar-refractivity contribution is -0.156. The van der Waals surface area contributed by atoms with Gasteiger partial charge in [0.15, 0.2) is 5.78 Å². The van der Waals surface area contributed by atoms with E-state index in [0.717, 1.165) is 0 Å². The van der Waals surface area contributed by atoms with Crippen LogP contribution in [0.25, 0.3) is 10.4 Å². The Labute approximate surface area is 761 Å². The number of amides is 10. The summed E-state index contributed by atoms with van der Waals surface area (Å²) < 4.78 is 49.5. The van der Waals surface area contributed by atoms with Gasteiger partial charge < -0.3 is 95.8 Å². The Morgan fingerprint density at radius 3 is 0.789 bits per heavy atom. The number of azide groups is 1. The maximum absolute atomic E-state index is 15.2. The SMILES string of the molecule is CC(C)(C)OC(=O)CCCCC[C@H](NC(=O)OC(C)(C)C)C(=O)NCCCC[C@H](NC(=O)[C@H](CCCCCC(=O)OC(C)(C)C)NC(=O)OC(C)(C)C)C(=O)C[C@@H](CCCCNC(=O)[C@H](CCCCNC(=O)[C@H](CCCCCC(=O)OC(C)(C)C)NC(=O)OC(C)(C)C)NC(=O)[C@H](CCCCCC(=O)OC(C)(C)C)NC(=O)OC(C)(C)C)C(=O)NCCOCCN=[N+]=[N-]. The highest BCUT2D eigenvalue weighted by Crippen LogP contribution is 2.23. The summed E-state index contributed by atoms with van der Waals surface area (Å²) in [6.07, 6.45) is 3.84. The molecule has 0 heterocycles. The van der Waals surface area contributed by atoms with Crippen molar-refractivity contribution in [1.29, 1.82) is 0 Å². The Bertz CT molecular complexity index is 3480. The number of Topliss-reactive ketones (excluding diaryl/α,β-unsaturated/α-hetero) is 1. The lowest BCUT2D eigenvalue weighted by Gasteiger charge is -2.26. The van der Waals surface area contributed by atoms with E-state index in [9.17, 15) is 67.1 Å². The van der Waals surface area contributed by atoms with Gasteiger partial charge in [-0.05, 0) is 274 Å². The van der Waals surface area contributed by atoms with E-state index in [1.54, 1.807) is 166 Å². The Morgan fingerprint density at radius 2 is 0.508 bits per heavy atom. The zero-order valence-corrected chi connectivity index (χ0v) is 81.8. The Morgan fingerprint density at radius 1 is 0.266 bits per heavy atom. The molecule has 37 heteroatoms. The lowest BCUT2D eigenvalue weighted by Crippen LogP contribution is -2.54. The van der Waals surface area contributed by atoms with E-state index in [-0.39, 0.29) is 167 Å². The van der Waals surface area contributed by atoms with Crippen LogP contribution in [0.4, 0.5) is 19.2 Å². The number of ether oxygens (including phenoxy) is 9. The molecule has 0 aromatic heterocycles. The molecule has 0 aliphatic heterocycles. The molecule has 128 heavy (non-hydrogen) atoms. The maximum atomic E-state index is 15.2. The Kier molecular flexibility index (Phi) is 56.2. The van der Waals surface area contributed by atoms with Crippen LogP contribution >= 0.6 is 0 Å². The predicted molar refractivity (Wildman–Crippen MR) is 484 cm³/mol. The smallest absolute Gasteiger partial charge is 0.408 e. The summed E-state index contributed by atoms with van der Waals surface area (Å²) in [5.41, 5.74) is 2.36. The van der Waals surface area contributed by atoms with Gasteiger partial charge in [0.1, 0.15) is 75.0 Å². The molecule has 736 valence electrons. The number of carbonyl (C=O) groups excluding carboxylic acids is 15. The van der Waals surface area contributed by atoms with Crippen LogP contribution in [0, 0.1) is 5.92 Å². The largest absolute Gasteiger partial charge is 0.460 e. The number of hydrogen-bond donors (Lipinski definition) is 10. The van der Waals surface area contributed by atoms with E-state index in [1.807, 2.05) is 0 Å². The third-order valence-electron chi connectivity index (χ3n) is 18.0. The summed E-state index contributed by atoms with van der Waals surface area (Å²) in [4.78, 5) is 207.